The fraction of sp³-hybridized carbons (Fsp3) is 0.0800. The Labute approximate surface area is 205 Å². The lowest BCUT2D eigenvalue weighted by atomic mass is 10.0. The summed E-state index contributed by atoms with van der Waals surface area (Å²) in [5.74, 6) is -0.103. The summed E-state index contributed by atoms with van der Waals surface area (Å²) in [6.45, 7) is 0. The van der Waals surface area contributed by atoms with Gasteiger partial charge in [0.25, 0.3) is 5.91 Å². The van der Waals surface area contributed by atoms with Gasteiger partial charge in [-0.15, -0.1) is 0 Å². The van der Waals surface area contributed by atoms with Gasteiger partial charge in [0.2, 0.25) is 5.95 Å². The topological polar surface area (TPSA) is 78.9 Å². The molecule has 1 aromatic heterocycles. The van der Waals surface area contributed by atoms with Crippen molar-refractivity contribution >= 4 is 57.9 Å². The lowest BCUT2D eigenvalue weighted by molar-refractivity contribution is 0.102. The van der Waals surface area contributed by atoms with Crippen molar-refractivity contribution in [3.8, 4) is 0 Å². The first-order valence-corrected chi connectivity index (χ1v) is 11.2. The summed E-state index contributed by atoms with van der Waals surface area (Å²) in [4.78, 5) is 21.8. The predicted molar refractivity (Wildman–Crippen MR) is 133 cm³/mol. The number of carbonyl (C=O) groups excluding carboxylic acids is 1. The maximum atomic E-state index is 13.5. The fourth-order valence-electron chi connectivity index (χ4n) is 3.69. The number of nitrogens with one attached hydrogen (secondary N) is 3. The maximum absolute atomic E-state index is 13.5. The van der Waals surface area contributed by atoms with Crippen LogP contribution in [-0.2, 0) is 12.8 Å². The molecule has 0 saturated heterocycles. The molecule has 0 atom stereocenters. The van der Waals surface area contributed by atoms with Gasteiger partial charge in [-0.1, -0.05) is 35.3 Å². The number of hydrogen-bond acceptors (Lipinski definition) is 5. The van der Waals surface area contributed by atoms with Crippen molar-refractivity contribution in [1.82, 2.24) is 9.97 Å². The average Bonchev–Trinajstić information content (AvgIpc) is 2.82. The van der Waals surface area contributed by atoms with Gasteiger partial charge in [-0.25, -0.2) is 9.37 Å². The van der Waals surface area contributed by atoms with Crippen LogP contribution in [0.4, 0.5) is 33.2 Å². The van der Waals surface area contributed by atoms with Crippen LogP contribution < -0.4 is 16.0 Å². The van der Waals surface area contributed by atoms with E-state index in [2.05, 4.69) is 25.9 Å². The van der Waals surface area contributed by atoms with Gasteiger partial charge in [-0.05, 0) is 72.5 Å². The first kappa shape index (κ1) is 22.1. The number of nitrogens with zero attached hydrogens (tertiary/aromatic N) is 2. The molecule has 0 unspecified atom stereocenters. The molecule has 170 valence electrons. The van der Waals surface area contributed by atoms with Gasteiger partial charge in [-0.3, -0.25) is 4.79 Å². The van der Waals surface area contributed by atoms with Gasteiger partial charge in [0.15, 0.2) is 5.82 Å². The number of fused-ring (bicyclic) bond motifs is 6. The molecule has 5 rings (SSSR count). The monoisotopic (exact) mass is 493 g/mol. The van der Waals surface area contributed by atoms with Crippen LogP contribution in [0.2, 0.25) is 10.0 Å². The van der Waals surface area contributed by atoms with Crippen molar-refractivity contribution in [3.05, 3.63) is 99.4 Å². The van der Waals surface area contributed by atoms with E-state index in [0.29, 0.717) is 40.1 Å². The molecule has 3 aromatic carbocycles. The van der Waals surface area contributed by atoms with Crippen LogP contribution in [0, 0.1) is 5.82 Å². The Bertz CT molecular complexity index is 1410. The summed E-state index contributed by atoms with van der Waals surface area (Å²) in [5, 5.41) is 9.44. The number of amides is 1. The molecule has 1 aliphatic heterocycles. The van der Waals surface area contributed by atoms with Gasteiger partial charge < -0.3 is 16.0 Å². The summed E-state index contributed by atoms with van der Waals surface area (Å²) in [6.07, 6.45) is 2.99. The van der Waals surface area contributed by atoms with E-state index in [1.54, 1.807) is 6.07 Å². The number of aryl methyl sites for hydroxylation is 2. The molecule has 6 bridgehead atoms. The molecule has 4 aromatic rings. The molecule has 1 aliphatic rings. The minimum Gasteiger partial charge on any atom is -0.339 e. The quantitative estimate of drug-likeness (QED) is 0.287. The molecular formula is C25H18Cl2FN5O. The molecule has 9 heteroatoms. The smallest absolute Gasteiger partial charge is 0.255 e. The van der Waals surface area contributed by atoms with Crippen molar-refractivity contribution < 1.29 is 9.18 Å². The van der Waals surface area contributed by atoms with Crippen molar-refractivity contribution in [1.29, 1.82) is 0 Å². The Kier molecular flexibility index (Phi) is 6.04. The summed E-state index contributed by atoms with van der Waals surface area (Å²) in [5.41, 5.74) is 4.42. The highest BCUT2D eigenvalue weighted by Gasteiger charge is 2.14. The van der Waals surface area contributed by atoms with Crippen LogP contribution in [0.25, 0.3) is 0 Å². The number of aromatic nitrogens is 2. The number of anilines is 5. The third-order valence-corrected chi connectivity index (χ3v) is 5.89. The standard InChI is InChI=1S/C25H18Cl2FN5O/c26-20-12-18(6-7-22(20)28)31-24(34)16-8-15-5-4-14-2-1-3-17(9-14)32-25-29-13-21(27)23(33-25)30-19(10-15)11-16/h1-3,6-13H,4-5H2,(H,31,34)(H2,29,30,32,33). The van der Waals surface area contributed by atoms with E-state index in [-0.39, 0.29) is 10.9 Å². The third kappa shape index (κ3) is 4.95. The molecule has 0 spiro atoms. The largest absolute Gasteiger partial charge is 0.339 e. The van der Waals surface area contributed by atoms with Crippen molar-refractivity contribution in [3.63, 3.8) is 0 Å². The Morgan fingerprint density at radius 2 is 1.74 bits per heavy atom. The number of benzene rings is 3. The molecule has 0 saturated carbocycles. The van der Waals surface area contributed by atoms with Crippen molar-refractivity contribution in [2.75, 3.05) is 16.0 Å². The molecule has 0 aliphatic carbocycles. The zero-order chi connectivity index (χ0) is 23.7. The Balaban J connectivity index is 1.53. The maximum Gasteiger partial charge on any atom is 0.255 e. The molecule has 0 radical (unpaired) electrons. The highest BCUT2D eigenvalue weighted by molar-refractivity contribution is 6.33. The van der Waals surface area contributed by atoms with Crippen molar-refractivity contribution in [2.24, 2.45) is 0 Å². The molecular weight excluding hydrogens is 476 g/mol. The van der Waals surface area contributed by atoms with Gasteiger partial charge in [0.1, 0.15) is 10.8 Å². The SMILES string of the molecule is O=C(Nc1ccc(F)c(Cl)c1)c1cc2cc(c1)Nc1nc(ncc1Cl)Nc1cccc(c1)CC2. The van der Waals surface area contributed by atoms with E-state index < -0.39 is 5.82 Å². The van der Waals surface area contributed by atoms with E-state index in [0.717, 1.165) is 23.2 Å². The average molecular weight is 494 g/mol. The van der Waals surface area contributed by atoms with Crippen LogP contribution in [0.3, 0.4) is 0 Å². The van der Waals surface area contributed by atoms with Gasteiger partial charge >= 0.3 is 0 Å². The summed E-state index contributed by atoms with van der Waals surface area (Å²) < 4.78 is 13.5. The molecule has 34 heavy (non-hydrogen) atoms. The fourth-order valence-corrected chi connectivity index (χ4v) is 4.01. The molecule has 2 heterocycles. The first-order valence-electron chi connectivity index (χ1n) is 10.5. The van der Waals surface area contributed by atoms with E-state index in [1.165, 1.54) is 24.4 Å². The van der Waals surface area contributed by atoms with Gasteiger partial charge in [0, 0.05) is 22.6 Å². The number of halogens is 3. The van der Waals surface area contributed by atoms with Crippen LogP contribution in [-0.4, -0.2) is 15.9 Å². The molecule has 6 nitrogen and oxygen atoms in total. The van der Waals surface area contributed by atoms with Crippen molar-refractivity contribution in [2.45, 2.75) is 12.8 Å². The normalized spacial score (nSPS) is 12.3. The van der Waals surface area contributed by atoms with E-state index in [4.69, 9.17) is 23.2 Å². The lowest BCUT2D eigenvalue weighted by Crippen LogP contribution is -2.13. The van der Waals surface area contributed by atoms with E-state index in [9.17, 15) is 9.18 Å². The summed E-state index contributed by atoms with van der Waals surface area (Å²) >= 11 is 12.2. The van der Waals surface area contributed by atoms with Gasteiger partial charge in [0.05, 0.1) is 11.2 Å². The van der Waals surface area contributed by atoms with Crippen LogP contribution in [0.5, 0.6) is 0 Å². The second-order valence-electron chi connectivity index (χ2n) is 7.84. The van der Waals surface area contributed by atoms with Crippen LogP contribution in [0.1, 0.15) is 21.5 Å². The number of hydrogen-bond donors (Lipinski definition) is 3. The van der Waals surface area contributed by atoms with E-state index in [1.807, 2.05) is 36.4 Å². The number of carbonyl (C=O) groups is 1. The highest BCUT2D eigenvalue weighted by Crippen LogP contribution is 2.28. The van der Waals surface area contributed by atoms with E-state index >= 15 is 0 Å². The zero-order valence-electron chi connectivity index (χ0n) is 17.7. The second kappa shape index (κ2) is 9.29. The molecule has 0 fully saturated rings. The second-order valence-corrected chi connectivity index (χ2v) is 8.66. The Morgan fingerprint density at radius 1 is 0.912 bits per heavy atom. The Hall–Kier alpha value is -3.68. The Morgan fingerprint density at radius 3 is 2.59 bits per heavy atom. The summed E-state index contributed by atoms with van der Waals surface area (Å²) in [6, 6.07) is 17.5. The third-order valence-electron chi connectivity index (χ3n) is 5.32. The molecule has 1 amide bonds. The van der Waals surface area contributed by atoms with Crippen LogP contribution >= 0.6 is 23.2 Å². The first-order chi connectivity index (χ1) is 16.4. The summed E-state index contributed by atoms with van der Waals surface area (Å²) in [7, 11) is 0. The van der Waals surface area contributed by atoms with Crippen LogP contribution in [0.15, 0.2) is 66.9 Å². The van der Waals surface area contributed by atoms with Gasteiger partial charge in [-0.2, -0.15) is 4.98 Å². The predicted octanol–water partition coefficient (Wildman–Crippen LogP) is 6.76. The minimum atomic E-state index is -0.551. The highest BCUT2D eigenvalue weighted by atomic mass is 35.5. The lowest BCUT2D eigenvalue weighted by Gasteiger charge is -2.13. The zero-order valence-corrected chi connectivity index (χ0v) is 19.2. The minimum absolute atomic E-state index is 0.0653. The molecule has 3 N–H and O–H groups in total. The number of rotatable bonds is 2.